The normalized spacial score (nSPS) is 31.7. The molecule has 0 N–H and O–H groups in total. The lowest BCUT2D eigenvalue weighted by Gasteiger charge is -2.53. The van der Waals surface area contributed by atoms with E-state index in [1.165, 1.54) is 0 Å². The molecule has 4 unspecified atom stereocenters. The van der Waals surface area contributed by atoms with E-state index in [-0.39, 0.29) is 0 Å². The maximum absolute atomic E-state index is 13.5. The maximum atomic E-state index is 13.5. The Morgan fingerprint density at radius 2 is 0.742 bits per heavy atom. The second-order valence-electron chi connectivity index (χ2n) is 7.14. The van der Waals surface area contributed by atoms with Gasteiger partial charge in [0.05, 0.1) is 29.6 Å². The van der Waals surface area contributed by atoms with Gasteiger partial charge < -0.3 is 4.74 Å². The number of methoxy groups -OCH3 is 1. The fraction of sp³-hybridized carbons (Fsp3) is 1.00. The Hall–Kier alpha value is -1.09. The number of alkyl halides is 15. The van der Waals surface area contributed by atoms with E-state index in [4.69, 9.17) is 0 Å². The van der Waals surface area contributed by atoms with Gasteiger partial charge in [-0.1, -0.05) is 0 Å². The van der Waals surface area contributed by atoms with E-state index in [1.54, 1.807) is 0 Å². The third-order valence-electron chi connectivity index (χ3n) is 5.25. The average molecular weight is 496 g/mol. The summed E-state index contributed by atoms with van der Waals surface area (Å²) in [6.07, 6.45) is -34.7. The van der Waals surface area contributed by atoms with Crippen LogP contribution in [0.3, 0.4) is 0 Å². The van der Waals surface area contributed by atoms with Gasteiger partial charge in [0.25, 0.3) is 0 Å². The third-order valence-corrected chi connectivity index (χ3v) is 5.25. The highest BCUT2D eigenvalue weighted by molar-refractivity contribution is 5.06. The first-order chi connectivity index (χ1) is 13.6. The summed E-state index contributed by atoms with van der Waals surface area (Å²) in [6, 6.07) is 0. The van der Waals surface area contributed by atoms with Crippen LogP contribution in [0.5, 0.6) is 0 Å². The van der Waals surface area contributed by atoms with Gasteiger partial charge in [-0.3, -0.25) is 0 Å². The molecule has 16 heteroatoms. The molecule has 0 radical (unpaired) electrons. The van der Waals surface area contributed by atoms with Crippen molar-refractivity contribution in [2.45, 2.75) is 43.7 Å². The molecule has 1 rings (SSSR count). The predicted octanol–water partition coefficient (Wildman–Crippen LogP) is 6.94. The molecule has 0 aromatic carbocycles. The van der Waals surface area contributed by atoms with E-state index in [0.717, 1.165) is 7.11 Å². The van der Waals surface area contributed by atoms with Crippen LogP contribution in [-0.2, 0) is 4.74 Å². The highest BCUT2D eigenvalue weighted by atomic mass is 19.4. The van der Waals surface area contributed by atoms with Crippen molar-refractivity contribution in [2.24, 2.45) is 35.5 Å². The van der Waals surface area contributed by atoms with E-state index >= 15 is 0 Å². The van der Waals surface area contributed by atoms with Gasteiger partial charge >= 0.3 is 30.9 Å². The first kappa shape index (κ1) is 27.9. The zero-order chi connectivity index (χ0) is 24.8. The second kappa shape index (κ2) is 8.69. The fourth-order valence-electron chi connectivity index (χ4n) is 4.36. The molecule has 0 bridgehead atoms. The van der Waals surface area contributed by atoms with Crippen LogP contribution >= 0.6 is 0 Å². The van der Waals surface area contributed by atoms with Gasteiger partial charge in [-0.2, -0.15) is 65.9 Å². The molecule has 186 valence electrons. The molecule has 0 aromatic rings. The van der Waals surface area contributed by atoms with E-state index in [1.807, 2.05) is 0 Å². The van der Waals surface area contributed by atoms with Crippen LogP contribution in [0.15, 0.2) is 0 Å². The quantitative estimate of drug-likeness (QED) is 0.303. The Balaban J connectivity index is 3.96. The highest BCUT2D eigenvalue weighted by Gasteiger charge is 2.78. The van der Waals surface area contributed by atoms with Crippen LogP contribution < -0.4 is 0 Å². The minimum absolute atomic E-state index is 0.637. The summed E-state index contributed by atoms with van der Waals surface area (Å²) in [5.41, 5.74) is 0. The summed E-state index contributed by atoms with van der Waals surface area (Å²) >= 11 is 0. The maximum Gasteiger partial charge on any atom is 0.393 e. The smallest absolute Gasteiger partial charge is 0.385 e. The van der Waals surface area contributed by atoms with Gasteiger partial charge in [-0.05, 0) is 18.8 Å². The number of hydrogen-bond acceptors (Lipinski definition) is 1. The van der Waals surface area contributed by atoms with Gasteiger partial charge in [0.1, 0.15) is 0 Å². The molecule has 1 nitrogen and oxygen atoms in total. The zero-order valence-corrected chi connectivity index (χ0v) is 15.2. The van der Waals surface area contributed by atoms with Crippen molar-refractivity contribution in [3.8, 4) is 0 Å². The Morgan fingerprint density at radius 3 is 0.968 bits per heavy atom. The first-order valence-electron chi connectivity index (χ1n) is 8.38. The van der Waals surface area contributed by atoms with Crippen LogP contribution in [0.4, 0.5) is 65.9 Å². The number of hydrogen-bond donors (Lipinski definition) is 0. The summed E-state index contributed by atoms with van der Waals surface area (Å²) in [6.45, 7) is -0.637. The van der Waals surface area contributed by atoms with Gasteiger partial charge in [-0.15, -0.1) is 0 Å². The van der Waals surface area contributed by atoms with Crippen molar-refractivity contribution < 1.29 is 70.6 Å². The Morgan fingerprint density at radius 1 is 0.484 bits per heavy atom. The third kappa shape index (κ3) is 6.24. The summed E-state index contributed by atoms with van der Waals surface area (Å²) < 4.78 is 205. The minimum Gasteiger partial charge on any atom is -0.385 e. The summed E-state index contributed by atoms with van der Waals surface area (Å²) in [5, 5.41) is 0. The zero-order valence-electron chi connectivity index (χ0n) is 15.2. The van der Waals surface area contributed by atoms with Crippen LogP contribution in [0, 0.1) is 35.5 Å². The topological polar surface area (TPSA) is 9.23 Å². The molecule has 4 atom stereocenters. The Kier molecular flexibility index (Phi) is 7.83. The minimum atomic E-state index is -6.66. The van der Waals surface area contributed by atoms with Crippen molar-refractivity contribution in [1.82, 2.24) is 0 Å². The number of halogens is 15. The standard InChI is InChI=1S/C15H15F15O/c1-31-4-2-3-5-6(11(16,17)18)8(13(22,23)24)10(15(28,29)30)9(14(25,26)27)7(5)12(19,20)21/h5-10H,2-4H2,1H3. The van der Waals surface area contributed by atoms with Crippen molar-refractivity contribution in [3.05, 3.63) is 0 Å². The van der Waals surface area contributed by atoms with Gasteiger partial charge in [0.15, 0.2) is 0 Å². The molecular weight excluding hydrogens is 481 g/mol. The van der Waals surface area contributed by atoms with E-state index in [0.29, 0.717) is 0 Å². The molecule has 0 heterocycles. The van der Waals surface area contributed by atoms with Crippen molar-refractivity contribution in [2.75, 3.05) is 13.7 Å². The highest BCUT2D eigenvalue weighted by Crippen LogP contribution is 2.66. The molecule has 1 aliphatic carbocycles. The lowest BCUT2D eigenvalue weighted by Crippen LogP contribution is -2.64. The average Bonchev–Trinajstić information content (AvgIpc) is 2.48. The molecule has 1 fully saturated rings. The monoisotopic (exact) mass is 496 g/mol. The lowest BCUT2D eigenvalue weighted by atomic mass is 9.54. The fourth-order valence-corrected chi connectivity index (χ4v) is 4.36. The van der Waals surface area contributed by atoms with Crippen LogP contribution in [0.1, 0.15) is 12.8 Å². The van der Waals surface area contributed by atoms with Crippen LogP contribution in [0.2, 0.25) is 0 Å². The van der Waals surface area contributed by atoms with E-state index in [2.05, 4.69) is 4.74 Å². The summed E-state index contributed by atoms with van der Waals surface area (Å²) in [5.74, 6) is -26.7. The second-order valence-corrected chi connectivity index (χ2v) is 7.14. The molecule has 1 aliphatic rings. The molecule has 0 aliphatic heterocycles. The summed E-state index contributed by atoms with van der Waals surface area (Å²) in [7, 11) is 0.903. The molecule has 0 amide bonds. The SMILES string of the molecule is COCCCC1C(C(F)(F)F)C(C(F)(F)F)C(C(F)(F)F)C(C(F)(F)F)C1C(F)(F)F. The van der Waals surface area contributed by atoms with Gasteiger partial charge in [0, 0.05) is 13.7 Å². The first-order valence-corrected chi connectivity index (χ1v) is 8.38. The molecule has 31 heavy (non-hydrogen) atoms. The Labute approximate surface area is 164 Å². The van der Waals surface area contributed by atoms with Crippen molar-refractivity contribution in [3.63, 3.8) is 0 Å². The van der Waals surface area contributed by atoms with Crippen LogP contribution in [-0.4, -0.2) is 44.6 Å². The van der Waals surface area contributed by atoms with E-state index < -0.39 is 85.8 Å². The predicted molar refractivity (Wildman–Crippen MR) is 72.3 cm³/mol. The Bertz CT molecular complexity index is 542. The van der Waals surface area contributed by atoms with Crippen molar-refractivity contribution in [1.29, 1.82) is 0 Å². The molecule has 1 saturated carbocycles. The van der Waals surface area contributed by atoms with E-state index in [9.17, 15) is 65.9 Å². The molecule has 0 saturated heterocycles. The van der Waals surface area contributed by atoms with Gasteiger partial charge in [0.2, 0.25) is 0 Å². The van der Waals surface area contributed by atoms with Crippen molar-refractivity contribution >= 4 is 0 Å². The number of rotatable bonds is 4. The molecule has 0 spiro atoms. The van der Waals surface area contributed by atoms with Gasteiger partial charge in [-0.25, -0.2) is 0 Å². The lowest BCUT2D eigenvalue weighted by molar-refractivity contribution is -0.391. The molecule has 0 aromatic heterocycles. The van der Waals surface area contributed by atoms with Crippen LogP contribution in [0.25, 0.3) is 0 Å². The number of ether oxygens (including phenoxy) is 1. The molecular formula is C15H15F15O. The summed E-state index contributed by atoms with van der Waals surface area (Å²) in [4.78, 5) is 0. The largest absolute Gasteiger partial charge is 0.393 e.